The second-order valence-electron chi connectivity index (χ2n) is 3.37. The molecule has 7 heteroatoms. The molecular formula is C10H7BrN6. The largest absolute Gasteiger partial charge is 0.366 e. The third kappa shape index (κ3) is 1.64. The molecule has 0 radical (unpaired) electrons. The molecule has 3 rings (SSSR count). The summed E-state index contributed by atoms with van der Waals surface area (Å²) in [5.41, 5.74) is 6.39. The summed E-state index contributed by atoms with van der Waals surface area (Å²) in [5.74, 6) is 0.839. The first-order chi connectivity index (χ1) is 8.25. The van der Waals surface area contributed by atoms with E-state index < -0.39 is 0 Å². The van der Waals surface area contributed by atoms with Crippen LogP contribution < -0.4 is 5.73 Å². The van der Waals surface area contributed by atoms with E-state index in [1.165, 1.54) is 6.33 Å². The van der Waals surface area contributed by atoms with Crippen molar-refractivity contribution in [3.63, 3.8) is 0 Å². The van der Waals surface area contributed by atoms with Crippen LogP contribution in [0.4, 0.5) is 5.95 Å². The number of para-hydroxylation sites is 1. The zero-order valence-corrected chi connectivity index (χ0v) is 10.2. The molecule has 2 heterocycles. The van der Waals surface area contributed by atoms with Gasteiger partial charge in [0.15, 0.2) is 5.82 Å². The van der Waals surface area contributed by atoms with E-state index in [1.807, 2.05) is 24.3 Å². The smallest absolute Gasteiger partial charge is 0.240 e. The second-order valence-corrected chi connectivity index (χ2v) is 4.07. The van der Waals surface area contributed by atoms with Crippen molar-refractivity contribution in [1.82, 2.24) is 24.7 Å². The number of fused-ring (bicyclic) bond motifs is 1. The summed E-state index contributed by atoms with van der Waals surface area (Å²) in [7, 11) is 0. The van der Waals surface area contributed by atoms with Crippen LogP contribution in [0.3, 0.4) is 0 Å². The lowest BCUT2D eigenvalue weighted by Gasteiger charge is -2.04. The highest BCUT2D eigenvalue weighted by molar-refractivity contribution is 9.10. The van der Waals surface area contributed by atoms with E-state index in [-0.39, 0.29) is 5.95 Å². The molecule has 0 saturated heterocycles. The van der Waals surface area contributed by atoms with Gasteiger partial charge in [-0.2, -0.15) is 9.67 Å². The van der Waals surface area contributed by atoms with E-state index in [2.05, 4.69) is 36.0 Å². The van der Waals surface area contributed by atoms with Gasteiger partial charge in [-0.3, -0.25) is 0 Å². The number of aromatic nitrogens is 5. The summed E-state index contributed by atoms with van der Waals surface area (Å²) in [6.07, 6.45) is 1.49. The third-order valence-corrected chi connectivity index (χ3v) is 2.82. The van der Waals surface area contributed by atoms with Gasteiger partial charge in [-0.05, 0) is 28.1 Å². The van der Waals surface area contributed by atoms with Crippen LogP contribution in [-0.4, -0.2) is 24.7 Å². The Morgan fingerprint density at radius 1 is 1.18 bits per heavy atom. The minimum Gasteiger partial charge on any atom is -0.366 e. The van der Waals surface area contributed by atoms with Gasteiger partial charge < -0.3 is 5.73 Å². The molecule has 2 N–H and O–H groups in total. The molecule has 2 aromatic heterocycles. The summed E-state index contributed by atoms with van der Waals surface area (Å²) in [6, 6.07) is 7.68. The van der Waals surface area contributed by atoms with Gasteiger partial charge in [-0.15, -0.1) is 5.10 Å². The van der Waals surface area contributed by atoms with Gasteiger partial charge in [-0.1, -0.05) is 12.1 Å². The Morgan fingerprint density at radius 3 is 2.76 bits per heavy atom. The fourth-order valence-electron chi connectivity index (χ4n) is 1.60. The van der Waals surface area contributed by atoms with E-state index in [1.54, 1.807) is 4.68 Å². The number of hydrogen-bond acceptors (Lipinski definition) is 5. The summed E-state index contributed by atoms with van der Waals surface area (Å²) < 4.78 is 2.05. The maximum absolute atomic E-state index is 5.54. The normalized spacial score (nSPS) is 10.9. The molecule has 0 unspecified atom stereocenters. The van der Waals surface area contributed by atoms with Crippen molar-refractivity contribution < 1.29 is 0 Å². The van der Waals surface area contributed by atoms with Crippen LogP contribution in [0.1, 0.15) is 0 Å². The van der Waals surface area contributed by atoms with E-state index in [0.717, 1.165) is 10.9 Å². The Kier molecular flexibility index (Phi) is 2.25. The van der Waals surface area contributed by atoms with Crippen molar-refractivity contribution in [2.24, 2.45) is 0 Å². The molecule has 6 nitrogen and oxygen atoms in total. The molecule has 17 heavy (non-hydrogen) atoms. The second kappa shape index (κ2) is 3.77. The standard InChI is InChI=1S/C10H7BrN6/c11-9-15-10(12)16-17(9)8-6-3-1-2-4-7(6)13-5-14-8/h1-5H,(H2,12,16). The van der Waals surface area contributed by atoms with E-state index >= 15 is 0 Å². The number of nitrogen functional groups attached to an aromatic ring is 1. The van der Waals surface area contributed by atoms with E-state index in [4.69, 9.17) is 5.73 Å². The topological polar surface area (TPSA) is 82.5 Å². The first-order valence-corrected chi connectivity index (χ1v) is 5.63. The molecule has 0 saturated carbocycles. The lowest BCUT2D eigenvalue weighted by molar-refractivity contribution is 0.832. The zero-order valence-electron chi connectivity index (χ0n) is 8.58. The maximum atomic E-state index is 5.54. The quantitative estimate of drug-likeness (QED) is 0.735. The van der Waals surface area contributed by atoms with Crippen LogP contribution in [0.2, 0.25) is 0 Å². The molecule has 0 amide bonds. The first-order valence-electron chi connectivity index (χ1n) is 4.84. The number of halogens is 1. The van der Waals surface area contributed by atoms with Crippen molar-refractivity contribution in [2.75, 3.05) is 5.73 Å². The van der Waals surface area contributed by atoms with E-state index in [0.29, 0.717) is 10.6 Å². The summed E-state index contributed by atoms with van der Waals surface area (Å²) in [4.78, 5) is 12.4. The minimum absolute atomic E-state index is 0.194. The number of nitrogens with two attached hydrogens (primary N) is 1. The highest BCUT2D eigenvalue weighted by atomic mass is 79.9. The van der Waals surface area contributed by atoms with Gasteiger partial charge in [0.05, 0.1) is 5.52 Å². The first kappa shape index (κ1) is 10.2. The summed E-state index contributed by atoms with van der Waals surface area (Å²) in [5, 5.41) is 4.97. The van der Waals surface area contributed by atoms with Crippen LogP contribution in [0, 0.1) is 0 Å². The predicted octanol–water partition coefficient (Wildman–Crippen LogP) is 1.56. The number of benzene rings is 1. The Bertz CT molecular complexity index is 687. The zero-order chi connectivity index (χ0) is 11.8. The number of rotatable bonds is 1. The fraction of sp³-hybridized carbons (Fsp3) is 0. The SMILES string of the molecule is Nc1nc(Br)n(-c2ncnc3ccccc23)n1. The lowest BCUT2D eigenvalue weighted by Crippen LogP contribution is -2.02. The molecule has 0 aliphatic rings. The molecule has 0 spiro atoms. The molecular weight excluding hydrogens is 284 g/mol. The average molecular weight is 291 g/mol. The Morgan fingerprint density at radius 2 is 2.00 bits per heavy atom. The molecule has 84 valence electrons. The van der Waals surface area contributed by atoms with E-state index in [9.17, 15) is 0 Å². The van der Waals surface area contributed by atoms with Crippen molar-refractivity contribution >= 4 is 32.8 Å². The fourth-order valence-corrected chi connectivity index (χ4v) is 2.03. The van der Waals surface area contributed by atoms with Gasteiger partial charge in [-0.25, -0.2) is 9.97 Å². The van der Waals surface area contributed by atoms with Gasteiger partial charge >= 0.3 is 0 Å². The molecule has 0 fully saturated rings. The Labute approximate surface area is 105 Å². The molecule has 0 atom stereocenters. The number of hydrogen-bond donors (Lipinski definition) is 1. The highest BCUT2D eigenvalue weighted by Crippen LogP contribution is 2.20. The maximum Gasteiger partial charge on any atom is 0.240 e. The Balaban J connectivity index is 2.34. The summed E-state index contributed by atoms with van der Waals surface area (Å²) >= 11 is 3.29. The molecule has 0 aliphatic heterocycles. The van der Waals surface area contributed by atoms with Gasteiger partial charge in [0.2, 0.25) is 10.7 Å². The average Bonchev–Trinajstić information content (AvgIpc) is 2.68. The van der Waals surface area contributed by atoms with Crippen LogP contribution in [-0.2, 0) is 0 Å². The molecule has 1 aromatic carbocycles. The van der Waals surface area contributed by atoms with Crippen LogP contribution in [0.15, 0.2) is 35.3 Å². The van der Waals surface area contributed by atoms with Crippen LogP contribution >= 0.6 is 15.9 Å². The predicted molar refractivity (Wildman–Crippen MR) is 66.6 cm³/mol. The highest BCUT2D eigenvalue weighted by Gasteiger charge is 2.11. The molecule has 0 aliphatic carbocycles. The monoisotopic (exact) mass is 290 g/mol. The van der Waals surface area contributed by atoms with Crippen LogP contribution in [0.25, 0.3) is 16.7 Å². The lowest BCUT2D eigenvalue weighted by atomic mass is 10.2. The van der Waals surface area contributed by atoms with Crippen molar-refractivity contribution in [1.29, 1.82) is 0 Å². The minimum atomic E-state index is 0.194. The summed E-state index contributed by atoms with van der Waals surface area (Å²) in [6.45, 7) is 0. The third-order valence-electron chi connectivity index (χ3n) is 2.31. The van der Waals surface area contributed by atoms with Crippen molar-refractivity contribution in [3.8, 4) is 5.82 Å². The van der Waals surface area contributed by atoms with Gasteiger partial charge in [0, 0.05) is 5.39 Å². The Hall–Kier alpha value is -2.02. The molecule has 0 bridgehead atoms. The van der Waals surface area contributed by atoms with Crippen molar-refractivity contribution in [2.45, 2.75) is 0 Å². The molecule has 3 aromatic rings. The van der Waals surface area contributed by atoms with Gasteiger partial charge in [0.1, 0.15) is 6.33 Å². The number of anilines is 1. The van der Waals surface area contributed by atoms with Crippen molar-refractivity contribution in [3.05, 3.63) is 35.3 Å². The van der Waals surface area contributed by atoms with Gasteiger partial charge in [0.25, 0.3) is 0 Å². The number of nitrogens with zero attached hydrogens (tertiary/aromatic N) is 5. The van der Waals surface area contributed by atoms with Crippen LogP contribution in [0.5, 0.6) is 0 Å².